The summed E-state index contributed by atoms with van der Waals surface area (Å²) in [5.41, 5.74) is 2.46. The molecular weight excluding hydrogens is 324 g/mol. The summed E-state index contributed by atoms with van der Waals surface area (Å²) in [6.07, 6.45) is 0.701. The maximum atomic E-state index is 11.9. The second kappa shape index (κ2) is 6.11. The van der Waals surface area contributed by atoms with Gasteiger partial charge in [-0.25, -0.2) is 4.72 Å². The number of nitrogens with one attached hydrogen (secondary N) is 2. The van der Waals surface area contributed by atoms with Crippen LogP contribution < -0.4 is 9.44 Å². The number of aliphatic imine (C=N–C) groups is 1. The minimum atomic E-state index is -3.45. The number of hydrogen-bond donors (Lipinski definition) is 2. The maximum absolute atomic E-state index is 11.9. The van der Waals surface area contributed by atoms with Crippen LogP contribution in [0, 0.1) is 10.8 Å². The van der Waals surface area contributed by atoms with Gasteiger partial charge < -0.3 is 4.90 Å². The molecule has 2 heterocycles. The van der Waals surface area contributed by atoms with E-state index >= 15 is 0 Å². The van der Waals surface area contributed by atoms with Crippen LogP contribution >= 0.6 is 0 Å². The molecule has 1 fully saturated rings. The second-order valence-corrected chi connectivity index (χ2v) is 10.5. The zero-order chi connectivity index (χ0) is 18.5. The van der Waals surface area contributed by atoms with Gasteiger partial charge in [0.1, 0.15) is 5.84 Å². The summed E-state index contributed by atoms with van der Waals surface area (Å²) in [6, 6.07) is -0.0298. The van der Waals surface area contributed by atoms with Crippen LogP contribution in [-0.4, -0.2) is 44.8 Å². The summed E-state index contributed by atoms with van der Waals surface area (Å²) in [7, 11) is -2.03. The third kappa shape index (κ3) is 3.83. The Labute approximate surface area is 147 Å². The quantitative estimate of drug-likeness (QED) is 0.814. The largest absolute Gasteiger partial charge is 0.332 e. The lowest BCUT2D eigenvalue weighted by atomic mass is 9.79. The second-order valence-electron chi connectivity index (χ2n) is 8.83. The molecule has 0 amide bonds. The van der Waals surface area contributed by atoms with Crippen molar-refractivity contribution in [2.45, 2.75) is 67.0 Å². The molecule has 0 saturated carbocycles. The fourth-order valence-corrected chi connectivity index (χ4v) is 4.50. The van der Waals surface area contributed by atoms with Crippen LogP contribution in [0.2, 0.25) is 0 Å². The van der Waals surface area contributed by atoms with E-state index < -0.39 is 10.2 Å². The molecule has 0 aromatic rings. The van der Waals surface area contributed by atoms with E-state index in [0.29, 0.717) is 13.0 Å². The van der Waals surface area contributed by atoms with Crippen molar-refractivity contribution in [2.24, 2.45) is 15.8 Å². The first-order valence-electron chi connectivity index (χ1n) is 8.56. The Morgan fingerprint density at radius 3 is 2.17 bits per heavy atom. The third-order valence-corrected chi connectivity index (χ3v) is 5.72. The predicted octanol–water partition coefficient (Wildman–Crippen LogP) is 2.26. The van der Waals surface area contributed by atoms with Crippen LogP contribution in [0.5, 0.6) is 0 Å². The average Bonchev–Trinajstić information content (AvgIpc) is 2.76. The molecule has 2 N–H and O–H groups in total. The van der Waals surface area contributed by atoms with Gasteiger partial charge in [-0.15, -0.1) is 0 Å². The molecule has 7 heteroatoms. The van der Waals surface area contributed by atoms with Crippen LogP contribution in [-0.2, 0) is 10.2 Å². The molecule has 1 saturated heterocycles. The zero-order valence-corrected chi connectivity index (χ0v) is 17.0. The van der Waals surface area contributed by atoms with Crippen molar-refractivity contribution in [2.75, 3.05) is 13.6 Å². The van der Waals surface area contributed by atoms with Gasteiger partial charge in [-0.05, 0) is 17.9 Å². The van der Waals surface area contributed by atoms with E-state index in [0.717, 1.165) is 5.84 Å². The normalized spacial score (nSPS) is 25.8. The Hall–Kier alpha value is -0.920. The lowest BCUT2D eigenvalue weighted by Gasteiger charge is -2.41. The number of amidine groups is 1. The molecule has 0 radical (unpaired) electrons. The predicted molar refractivity (Wildman–Crippen MR) is 99.1 cm³/mol. The van der Waals surface area contributed by atoms with Gasteiger partial charge in [0.05, 0.1) is 6.04 Å². The van der Waals surface area contributed by atoms with Crippen molar-refractivity contribution in [3.8, 4) is 0 Å². The van der Waals surface area contributed by atoms with Crippen molar-refractivity contribution in [1.82, 2.24) is 14.3 Å². The van der Waals surface area contributed by atoms with E-state index in [-0.39, 0.29) is 22.9 Å². The summed E-state index contributed by atoms with van der Waals surface area (Å²) >= 11 is 0. The van der Waals surface area contributed by atoms with Gasteiger partial charge in [0.25, 0.3) is 10.2 Å². The van der Waals surface area contributed by atoms with Gasteiger partial charge >= 0.3 is 0 Å². The Bertz CT molecular complexity index is 666. The van der Waals surface area contributed by atoms with Crippen LogP contribution in [0.4, 0.5) is 0 Å². The van der Waals surface area contributed by atoms with Crippen molar-refractivity contribution in [3.05, 3.63) is 11.3 Å². The fourth-order valence-electron chi connectivity index (χ4n) is 3.78. The van der Waals surface area contributed by atoms with Gasteiger partial charge in [0.2, 0.25) is 0 Å². The molecule has 2 aliphatic heterocycles. The molecule has 0 bridgehead atoms. The third-order valence-electron chi connectivity index (χ3n) is 4.54. The molecule has 2 rings (SSSR count). The lowest BCUT2D eigenvalue weighted by Crippen LogP contribution is -2.46. The van der Waals surface area contributed by atoms with E-state index in [1.165, 1.54) is 18.3 Å². The van der Waals surface area contributed by atoms with Gasteiger partial charge in [0, 0.05) is 37.2 Å². The molecule has 0 aliphatic carbocycles. The van der Waals surface area contributed by atoms with Crippen LogP contribution in [0.15, 0.2) is 16.3 Å². The van der Waals surface area contributed by atoms with Crippen molar-refractivity contribution in [1.29, 1.82) is 0 Å². The van der Waals surface area contributed by atoms with Crippen LogP contribution in [0.1, 0.15) is 54.9 Å². The first-order valence-corrected chi connectivity index (χ1v) is 10.0. The molecule has 138 valence electrons. The summed E-state index contributed by atoms with van der Waals surface area (Å²) in [4.78, 5) is 7.23. The van der Waals surface area contributed by atoms with Crippen molar-refractivity contribution >= 4 is 16.0 Å². The maximum Gasteiger partial charge on any atom is 0.276 e. The average molecular weight is 357 g/mol. The molecule has 24 heavy (non-hydrogen) atoms. The topological polar surface area (TPSA) is 73.8 Å². The number of fused-ring (bicyclic) bond motifs is 1. The fraction of sp³-hybridized carbons (Fsp3) is 0.824. The molecule has 2 aliphatic rings. The van der Waals surface area contributed by atoms with Crippen molar-refractivity contribution < 1.29 is 8.42 Å². The minimum Gasteiger partial charge on any atom is -0.332 e. The van der Waals surface area contributed by atoms with Gasteiger partial charge in [-0.3, -0.25) is 4.99 Å². The molecule has 0 spiro atoms. The molecule has 2 atom stereocenters. The number of nitrogens with zero attached hydrogens (tertiary/aromatic N) is 2. The lowest BCUT2D eigenvalue weighted by molar-refractivity contribution is 0.393. The van der Waals surface area contributed by atoms with Crippen molar-refractivity contribution in [3.63, 3.8) is 0 Å². The molecule has 0 aromatic carbocycles. The Morgan fingerprint density at radius 1 is 1.12 bits per heavy atom. The standard InChI is InChI=1S/C17H32N4O2S/c1-11-14(16(2,3)4)13-9-12(20-24(22,23)18-8)10-21(13)15(19-11)17(5,6)7/h11-12,18,20H,9-10H2,1-8H3/t11-,12-/m0/s1. The number of rotatable bonds is 3. The van der Waals surface area contributed by atoms with Crippen LogP contribution in [0.25, 0.3) is 0 Å². The Kier molecular flexibility index (Phi) is 4.94. The first-order chi connectivity index (χ1) is 10.8. The highest BCUT2D eigenvalue weighted by Crippen LogP contribution is 2.42. The minimum absolute atomic E-state index is 0.00329. The van der Waals surface area contributed by atoms with E-state index in [1.54, 1.807) is 0 Å². The summed E-state index contributed by atoms with van der Waals surface area (Å²) in [5.74, 6) is 1.05. The molecule has 0 unspecified atom stereocenters. The highest BCUT2D eigenvalue weighted by molar-refractivity contribution is 7.87. The van der Waals surface area contributed by atoms with E-state index in [2.05, 4.69) is 62.8 Å². The van der Waals surface area contributed by atoms with Gasteiger partial charge in [0.15, 0.2) is 0 Å². The Morgan fingerprint density at radius 2 is 1.71 bits per heavy atom. The Balaban J connectivity index is 2.46. The molecular formula is C17H32N4O2S. The highest BCUT2D eigenvalue weighted by atomic mass is 32.2. The zero-order valence-electron chi connectivity index (χ0n) is 16.2. The summed E-state index contributed by atoms with van der Waals surface area (Å²) in [5, 5.41) is 0. The monoisotopic (exact) mass is 356 g/mol. The van der Waals surface area contributed by atoms with Gasteiger partial charge in [-0.1, -0.05) is 41.5 Å². The first kappa shape index (κ1) is 19.4. The summed E-state index contributed by atoms with van der Waals surface area (Å²) < 4.78 is 28.9. The molecule has 6 nitrogen and oxygen atoms in total. The number of hydrogen-bond acceptors (Lipinski definition) is 4. The van der Waals surface area contributed by atoms with Crippen LogP contribution in [0.3, 0.4) is 0 Å². The van der Waals surface area contributed by atoms with E-state index in [4.69, 9.17) is 4.99 Å². The van der Waals surface area contributed by atoms with E-state index in [9.17, 15) is 8.42 Å². The molecule has 0 aromatic heterocycles. The smallest absolute Gasteiger partial charge is 0.276 e. The van der Waals surface area contributed by atoms with E-state index in [1.807, 2.05) is 0 Å². The van der Waals surface area contributed by atoms with Gasteiger partial charge in [-0.2, -0.15) is 13.1 Å². The SMILES string of the molecule is CNS(=O)(=O)N[C@H]1CC2=C(C(C)(C)C)[C@H](C)N=C(C(C)(C)C)N2C1. The summed E-state index contributed by atoms with van der Waals surface area (Å²) in [6.45, 7) is 15.8. The highest BCUT2D eigenvalue weighted by Gasteiger charge is 2.43.